The number of carbonyl (C=O) groups excluding carboxylic acids is 2. The molecule has 0 aliphatic rings. The van der Waals surface area contributed by atoms with Crippen LogP contribution in [0.2, 0.25) is 0 Å². The molecule has 0 unspecified atom stereocenters. The van der Waals surface area contributed by atoms with Gasteiger partial charge in [0, 0.05) is 31.0 Å². The monoisotopic (exact) mass is 327 g/mol. The van der Waals surface area contributed by atoms with Crippen LogP contribution in [0.5, 0.6) is 0 Å². The molecule has 0 atom stereocenters. The zero-order valence-electron chi connectivity index (χ0n) is 10.8. The van der Waals surface area contributed by atoms with Crippen molar-refractivity contribution in [2.45, 2.75) is 13.3 Å². The zero-order valence-corrected chi connectivity index (χ0v) is 12.4. The summed E-state index contributed by atoms with van der Waals surface area (Å²) in [6.07, 6.45) is 0.776. The lowest BCUT2D eigenvalue weighted by Crippen LogP contribution is -2.40. The number of rotatable bonds is 6. The maximum atomic E-state index is 11.4. The molecule has 0 spiro atoms. The summed E-state index contributed by atoms with van der Waals surface area (Å²) in [5.41, 5.74) is 1.16. The number of carbonyl (C=O) groups is 2. The Morgan fingerprint density at radius 1 is 1.11 bits per heavy atom. The maximum absolute atomic E-state index is 11.4. The van der Waals surface area contributed by atoms with E-state index >= 15 is 0 Å². The van der Waals surface area contributed by atoms with E-state index in [0.717, 1.165) is 16.5 Å². The van der Waals surface area contributed by atoms with Crippen LogP contribution in [0.25, 0.3) is 0 Å². The Morgan fingerprint density at radius 3 is 2.47 bits per heavy atom. The number of hydrogen-bond acceptors (Lipinski definition) is 2. The largest absolute Gasteiger partial charge is 0.355 e. The van der Waals surface area contributed by atoms with Crippen LogP contribution in [0.3, 0.4) is 0 Å². The van der Waals surface area contributed by atoms with Crippen LogP contribution in [-0.4, -0.2) is 31.6 Å². The van der Waals surface area contributed by atoms with Gasteiger partial charge in [0.2, 0.25) is 5.91 Å². The first-order valence-electron chi connectivity index (χ1n) is 6.08. The summed E-state index contributed by atoms with van der Waals surface area (Å²) >= 11 is 3.40. The molecule has 0 bridgehead atoms. The van der Waals surface area contributed by atoms with Crippen molar-refractivity contribution in [3.8, 4) is 0 Å². The minimum Gasteiger partial charge on any atom is -0.355 e. The van der Waals surface area contributed by atoms with Crippen LogP contribution in [0.15, 0.2) is 28.7 Å². The summed E-state index contributed by atoms with van der Waals surface area (Å²) in [5.74, 6) is -0.100. The zero-order chi connectivity index (χ0) is 14.1. The highest BCUT2D eigenvalue weighted by molar-refractivity contribution is 9.10. The first-order valence-corrected chi connectivity index (χ1v) is 6.88. The van der Waals surface area contributed by atoms with Crippen LogP contribution in [0.1, 0.15) is 12.5 Å². The van der Waals surface area contributed by atoms with Crippen molar-refractivity contribution in [3.05, 3.63) is 34.3 Å². The molecule has 3 amide bonds. The first kappa shape index (κ1) is 15.5. The lowest BCUT2D eigenvalue weighted by atomic mass is 10.1. The standard InChI is InChI=1S/C13H18BrN3O2/c1-10(18)15-7-8-17-13(19)16-6-5-11-3-2-4-12(14)9-11/h2-4,9H,5-8H2,1H3,(H,15,18)(H2,16,17,19). The molecule has 0 saturated carbocycles. The second kappa shape index (κ2) is 8.53. The van der Waals surface area contributed by atoms with E-state index in [1.807, 2.05) is 24.3 Å². The van der Waals surface area contributed by atoms with Gasteiger partial charge in [0.05, 0.1) is 0 Å². The van der Waals surface area contributed by atoms with Crippen LogP contribution in [0, 0.1) is 0 Å². The van der Waals surface area contributed by atoms with Crippen molar-refractivity contribution in [1.29, 1.82) is 0 Å². The molecule has 1 rings (SSSR count). The number of nitrogens with one attached hydrogen (secondary N) is 3. The Balaban J connectivity index is 2.12. The average Bonchev–Trinajstić information content (AvgIpc) is 2.34. The summed E-state index contributed by atoms with van der Waals surface area (Å²) in [4.78, 5) is 22.0. The van der Waals surface area contributed by atoms with Crippen molar-refractivity contribution in [2.75, 3.05) is 19.6 Å². The number of benzene rings is 1. The molecule has 0 aromatic heterocycles. The van der Waals surface area contributed by atoms with E-state index in [4.69, 9.17) is 0 Å². The second-order valence-electron chi connectivity index (χ2n) is 4.05. The highest BCUT2D eigenvalue weighted by Crippen LogP contribution is 2.11. The fourth-order valence-electron chi connectivity index (χ4n) is 1.49. The Bertz CT molecular complexity index is 438. The molecule has 0 aliphatic carbocycles. The van der Waals surface area contributed by atoms with E-state index < -0.39 is 0 Å². The molecule has 1 aromatic rings. The predicted octanol–water partition coefficient (Wildman–Crippen LogP) is 1.43. The quantitative estimate of drug-likeness (QED) is 0.692. The minimum absolute atomic E-state index is 0.100. The van der Waals surface area contributed by atoms with Gasteiger partial charge in [-0.1, -0.05) is 28.1 Å². The molecule has 0 fully saturated rings. The fraction of sp³-hybridized carbons (Fsp3) is 0.385. The van der Waals surface area contributed by atoms with Crippen molar-refractivity contribution < 1.29 is 9.59 Å². The van der Waals surface area contributed by atoms with E-state index in [1.165, 1.54) is 6.92 Å². The third-order valence-corrected chi connectivity index (χ3v) is 2.87. The van der Waals surface area contributed by atoms with Crippen molar-refractivity contribution >= 4 is 27.9 Å². The molecule has 6 heteroatoms. The first-order chi connectivity index (χ1) is 9.08. The predicted molar refractivity (Wildman–Crippen MR) is 77.9 cm³/mol. The second-order valence-corrected chi connectivity index (χ2v) is 4.96. The van der Waals surface area contributed by atoms with Gasteiger partial charge in [0.15, 0.2) is 0 Å². The van der Waals surface area contributed by atoms with Gasteiger partial charge in [-0.25, -0.2) is 4.79 Å². The molecule has 3 N–H and O–H groups in total. The number of hydrogen-bond donors (Lipinski definition) is 3. The normalized spacial score (nSPS) is 9.79. The number of amides is 3. The lowest BCUT2D eigenvalue weighted by molar-refractivity contribution is -0.118. The van der Waals surface area contributed by atoms with E-state index in [0.29, 0.717) is 19.6 Å². The fourth-order valence-corrected chi connectivity index (χ4v) is 1.94. The molecule has 19 heavy (non-hydrogen) atoms. The van der Waals surface area contributed by atoms with Crippen LogP contribution in [-0.2, 0) is 11.2 Å². The lowest BCUT2D eigenvalue weighted by Gasteiger charge is -2.08. The summed E-state index contributed by atoms with van der Waals surface area (Å²) in [6, 6.07) is 7.75. The number of halogens is 1. The Kier molecular flexibility index (Phi) is 6.95. The minimum atomic E-state index is -0.222. The van der Waals surface area contributed by atoms with Crippen LogP contribution >= 0.6 is 15.9 Å². The Labute approximate surface area is 121 Å². The molecule has 0 saturated heterocycles. The maximum Gasteiger partial charge on any atom is 0.314 e. The van der Waals surface area contributed by atoms with E-state index in [-0.39, 0.29) is 11.9 Å². The van der Waals surface area contributed by atoms with Gasteiger partial charge in [0.25, 0.3) is 0 Å². The van der Waals surface area contributed by atoms with Crippen molar-refractivity contribution in [1.82, 2.24) is 16.0 Å². The third kappa shape index (κ3) is 7.46. The Hall–Kier alpha value is -1.56. The van der Waals surface area contributed by atoms with Crippen molar-refractivity contribution in [2.24, 2.45) is 0 Å². The molecular formula is C13H18BrN3O2. The third-order valence-electron chi connectivity index (χ3n) is 2.37. The van der Waals surface area contributed by atoms with E-state index in [1.54, 1.807) is 0 Å². The summed E-state index contributed by atoms with van der Waals surface area (Å²) < 4.78 is 1.03. The highest BCUT2D eigenvalue weighted by Gasteiger charge is 2.00. The smallest absolute Gasteiger partial charge is 0.314 e. The topological polar surface area (TPSA) is 70.2 Å². The molecule has 0 heterocycles. The van der Waals surface area contributed by atoms with Gasteiger partial charge in [-0.15, -0.1) is 0 Å². The average molecular weight is 328 g/mol. The van der Waals surface area contributed by atoms with Gasteiger partial charge < -0.3 is 16.0 Å². The van der Waals surface area contributed by atoms with Gasteiger partial charge in [0.1, 0.15) is 0 Å². The van der Waals surface area contributed by atoms with E-state index in [9.17, 15) is 9.59 Å². The van der Waals surface area contributed by atoms with Gasteiger partial charge in [-0.05, 0) is 24.1 Å². The molecular weight excluding hydrogens is 310 g/mol. The summed E-state index contributed by atoms with van der Waals surface area (Å²) in [6.45, 7) is 2.87. The molecule has 1 aromatic carbocycles. The SMILES string of the molecule is CC(=O)NCCNC(=O)NCCc1cccc(Br)c1. The van der Waals surface area contributed by atoms with Crippen LogP contribution in [0.4, 0.5) is 4.79 Å². The molecule has 5 nitrogen and oxygen atoms in total. The Morgan fingerprint density at radius 2 is 1.79 bits per heavy atom. The highest BCUT2D eigenvalue weighted by atomic mass is 79.9. The molecule has 0 aliphatic heterocycles. The molecule has 0 radical (unpaired) electrons. The van der Waals surface area contributed by atoms with Gasteiger partial charge >= 0.3 is 6.03 Å². The van der Waals surface area contributed by atoms with E-state index in [2.05, 4.69) is 31.9 Å². The summed E-state index contributed by atoms with van der Waals surface area (Å²) in [7, 11) is 0. The molecule has 104 valence electrons. The van der Waals surface area contributed by atoms with Crippen molar-refractivity contribution in [3.63, 3.8) is 0 Å². The van der Waals surface area contributed by atoms with Crippen LogP contribution < -0.4 is 16.0 Å². The van der Waals surface area contributed by atoms with Gasteiger partial charge in [-0.2, -0.15) is 0 Å². The number of urea groups is 1. The summed E-state index contributed by atoms with van der Waals surface area (Å²) in [5, 5.41) is 8.02. The van der Waals surface area contributed by atoms with Gasteiger partial charge in [-0.3, -0.25) is 4.79 Å².